The van der Waals surface area contributed by atoms with Gasteiger partial charge in [0, 0.05) is 5.56 Å². The van der Waals surface area contributed by atoms with E-state index in [9.17, 15) is 22.4 Å². The van der Waals surface area contributed by atoms with Crippen molar-refractivity contribution >= 4 is 5.97 Å². The molecule has 0 radical (unpaired) electrons. The summed E-state index contributed by atoms with van der Waals surface area (Å²) in [7, 11) is 0. The molecule has 0 unspecified atom stereocenters. The number of alkyl halides is 2. The van der Waals surface area contributed by atoms with Crippen molar-refractivity contribution in [3.05, 3.63) is 59.2 Å². The first kappa shape index (κ1) is 25.1. The van der Waals surface area contributed by atoms with Crippen LogP contribution in [0.3, 0.4) is 0 Å². The summed E-state index contributed by atoms with van der Waals surface area (Å²) in [5.74, 6) is -7.65. The second kappa shape index (κ2) is 11.0. The molecule has 0 N–H and O–H groups in total. The highest BCUT2D eigenvalue weighted by atomic mass is 19.3. The molecule has 0 atom stereocenters. The van der Waals surface area contributed by atoms with Crippen molar-refractivity contribution in [1.82, 2.24) is 0 Å². The van der Waals surface area contributed by atoms with Crippen LogP contribution in [0, 0.1) is 17.6 Å². The molecule has 0 saturated heterocycles. The van der Waals surface area contributed by atoms with E-state index in [1.54, 1.807) is 19.1 Å². The van der Waals surface area contributed by atoms with E-state index < -0.39 is 35.7 Å². The topological polar surface area (TPSA) is 35.5 Å². The summed E-state index contributed by atoms with van der Waals surface area (Å²) in [5.41, 5.74) is 0.709. The lowest BCUT2D eigenvalue weighted by Crippen LogP contribution is -2.22. The highest BCUT2D eigenvalue weighted by molar-refractivity contribution is 5.73. The molecule has 1 saturated carbocycles. The molecule has 3 rings (SSSR count). The summed E-state index contributed by atoms with van der Waals surface area (Å²) >= 11 is 0. The fraction of sp³-hybridized carbons (Fsp3) is 0.500. The van der Waals surface area contributed by atoms with E-state index in [-0.39, 0.29) is 17.9 Å². The lowest BCUT2D eigenvalue weighted by Gasteiger charge is -2.29. The summed E-state index contributed by atoms with van der Waals surface area (Å²) in [5, 5.41) is 0. The number of carbonyl (C=O) groups is 1. The molecule has 33 heavy (non-hydrogen) atoms. The number of hydrogen-bond acceptors (Lipinski definition) is 3. The third-order valence-corrected chi connectivity index (χ3v) is 6.25. The quantitative estimate of drug-likeness (QED) is 0.218. The molecule has 1 aliphatic rings. The molecule has 0 aromatic heterocycles. The predicted molar refractivity (Wildman–Crippen MR) is 118 cm³/mol. The van der Waals surface area contributed by atoms with E-state index in [4.69, 9.17) is 4.74 Å². The average Bonchev–Trinajstić information content (AvgIpc) is 2.79. The van der Waals surface area contributed by atoms with Crippen molar-refractivity contribution in [2.75, 3.05) is 6.61 Å². The Balaban J connectivity index is 1.61. The summed E-state index contributed by atoms with van der Waals surface area (Å²) in [6.45, 7) is 3.90. The molecule has 2 aromatic carbocycles. The van der Waals surface area contributed by atoms with Crippen LogP contribution in [-0.4, -0.2) is 12.6 Å². The van der Waals surface area contributed by atoms with Crippen LogP contribution in [0.15, 0.2) is 36.4 Å². The molecule has 180 valence electrons. The minimum absolute atomic E-state index is 0.112. The largest absolute Gasteiger partial charge is 0.491 e. The predicted octanol–water partition coefficient (Wildman–Crippen LogP) is 7.52. The highest BCUT2D eigenvalue weighted by Crippen LogP contribution is 2.39. The van der Waals surface area contributed by atoms with Crippen LogP contribution >= 0.6 is 0 Å². The van der Waals surface area contributed by atoms with Crippen molar-refractivity contribution in [3.63, 3.8) is 0 Å². The Bertz CT molecular complexity index is 935. The van der Waals surface area contributed by atoms with Gasteiger partial charge in [0.2, 0.25) is 11.6 Å². The van der Waals surface area contributed by atoms with E-state index in [1.165, 1.54) is 25.0 Å². The zero-order valence-electron chi connectivity index (χ0n) is 19.0. The highest BCUT2D eigenvalue weighted by Gasteiger charge is 2.36. The first-order valence-electron chi connectivity index (χ1n) is 11.5. The molecule has 0 amide bonds. The van der Waals surface area contributed by atoms with E-state index >= 15 is 0 Å². The first-order valence-corrected chi connectivity index (χ1v) is 11.5. The monoisotopic (exact) mass is 466 g/mol. The molecule has 3 nitrogen and oxygen atoms in total. The second-order valence-corrected chi connectivity index (χ2v) is 8.61. The number of halogens is 4. The van der Waals surface area contributed by atoms with E-state index in [0.717, 1.165) is 49.3 Å². The van der Waals surface area contributed by atoms with Crippen molar-refractivity contribution in [3.8, 4) is 11.5 Å². The molecular weight excluding hydrogens is 436 g/mol. The molecule has 1 fully saturated rings. The van der Waals surface area contributed by atoms with Crippen LogP contribution in [0.5, 0.6) is 11.5 Å². The summed E-state index contributed by atoms with van der Waals surface area (Å²) in [6.07, 6.45) is 5.55. The zero-order chi connectivity index (χ0) is 24.0. The van der Waals surface area contributed by atoms with Gasteiger partial charge in [-0.15, -0.1) is 0 Å². The average molecular weight is 467 g/mol. The minimum Gasteiger partial charge on any atom is -0.491 e. The number of hydrogen-bond donors (Lipinski definition) is 0. The maximum absolute atomic E-state index is 14.7. The number of carbonyl (C=O) groups excluding carboxylic acids is 1. The number of ether oxygens (including phenoxy) is 2. The number of esters is 1. The molecule has 0 bridgehead atoms. The van der Waals surface area contributed by atoms with Crippen molar-refractivity contribution in [2.24, 2.45) is 5.92 Å². The Morgan fingerprint density at radius 2 is 1.55 bits per heavy atom. The molecule has 0 aliphatic heterocycles. The molecule has 0 heterocycles. The van der Waals surface area contributed by atoms with Gasteiger partial charge in [-0.3, -0.25) is 4.79 Å². The van der Waals surface area contributed by atoms with Gasteiger partial charge in [0.05, 0.1) is 6.61 Å². The van der Waals surface area contributed by atoms with Gasteiger partial charge >= 0.3 is 5.97 Å². The Hall–Kier alpha value is -2.57. The molecule has 7 heteroatoms. The molecule has 0 spiro atoms. The van der Waals surface area contributed by atoms with Crippen molar-refractivity contribution in [1.29, 1.82) is 0 Å². The SMILES string of the molecule is CCCC1CCC(c2ccc(C(F)(F)CC(=O)Oc3ccc(OCC)c(F)c3F)cc2)CC1. The fourth-order valence-electron chi connectivity index (χ4n) is 4.49. The lowest BCUT2D eigenvalue weighted by molar-refractivity contribution is -0.143. The summed E-state index contributed by atoms with van der Waals surface area (Å²) < 4.78 is 66.9. The van der Waals surface area contributed by atoms with E-state index in [1.807, 2.05) is 0 Å². The van der Waals surface area contributed by atoms with Crippen LogP contribution in [0.25, 0.3) is 0 Å². The lowest BCUT2D eigenvalue weighted by atomic mass is 9.77. The normalized spacial score (nSPS) is 18.7. The third kappa shape index (κ3) is 6.27. The molecule has 1 aliphatic carbocycles. The van der Waals surface area contributed by atoms with Crippen LogP contribution in [0.4, 0.5) is 17.6 Å². The maximum Gasteiger partial charge on any atom is 0.317 e. The Labute approximate surface area is 192 Å². The maximum atomic E-state index is 14.7. The Morgan fingerprint density at radius 3 is 2.15 bits per heavy atom. The van der Waals surface area contributed by atoms with Gasteiger partial charge < -0.3 is 9.47 Å². The van der Waals surface area contributed by atoms with Gasteiger partial charge in [-0.25, -0.2) is 8.78 Å². The fourth-order valence-corrected chi connectivity index (χ4v) is 4.49. The Kier molecular flexibility index (Phi) is 8.38. The van der Waals surface area contributed by atoms with Gasteiger partial charge in [-0.1, -0.05) is 44.0 Å². The summed E-state index contributed by atoms with van der Waals surface area (Å²) in [4.78, 5) is 12.1. The smallest absolute Gasteiger partial charge is 0.317 e. The molecule has 2 aromatic rings. The standard InChI is InChI=1S/C26H30F4O3/c1-3-5-17-6-8-18(9-7-17)19-10-12-20(13-11-19)26(29,30)16-23(31)33-22-15-14-21(32-4-2)24(27)25(22)28/h10-15,17-18H,3-9,16H2,1-2H3. The third-order valence-electron chi connectivity index (χ3n) is 6.25. The zero-order valence-corrected chi connectivity index (χ0v) is 19.0. The first-order chi connectivity index (χ1) is 15.7. The minimum atomic E-state index is -3.51. The van der Waals surface area contributed by atoms with Gasteiger partial charge in [-0.2, -0.15) is 8.78 Å². The van der Waals surface area contributed by atoms with Gasteiger partial charge in [-0.05, 0) is 62.1 Å². The number of benzene rings is 2. The molecular formula is C26H30F4O3. The van der Waals surface area contributed by atoms with Gasteiger partial charge in [0.15, 0.2) is 11.5 Å². The van der Waals surface area contributed by atoms with Crippen LogP contribution in [0.1, 0.15) is 75.8 Å². The van der Waals surface area contributed by atoms with Crippen molar-refractivity contribution in [2.45, 2.75) is 70.6 Å². The van der Waals surface area contributed by atoms with Crippen LogP contribution in [-0.2, 0) is 10.7 Å². The Morgan fingerprint density at radius 1 is 0.939 bits per heavy atom. The van der Waals surface area contributed by atoms with Crippen LogP contribution in [0.2, 0.25) is 0 Å². The second-order valence-electron chi connectivity index (χ2n) is 8.61. The van der Waals surface area contributed by atoms with Gasteiger partial charge in [0.1, 0.15) is 6.42 Å². The van der Waals surface area contributed by atoms with E-state index in [0.29, 0.717) is 5.92 Å². The van der Waals surface area contributed by atoms with Gasteiger partial charge in [0.25, 0.3) is 5.92 Å². The van der Waals surface area contributed by atoms with Crippen molar-refractivity contribution < 1.29 is 31.8 Å². The van der Waals surface area contributed by atoms with Crippen LogP contribution < -0.4 is 9.47 Å². The van der Waals surface area contributed by atoms with E-state index in [2.05, 4.69) is 11.7 Å². The number of rotatable bonds is 9. The summed E-state index contributed by atoms with van der Waals surface area (Å²) in [6, 6.07) is 8.11.